The van der Waals surface area contributed by atoms with Crippen LogP contribution >= 0.6 is 0 Å². The van der Waals surface area contributed by atoms with Crippen LogP contribution in [0.25, 0.3) is 0 Å². The third-order valence-corrected chi connectivity index (χ3v) is 1.61. The van der Waals surface area contributed by atoms with Gasteiger partial charge in [-0.3, -0.25) is 0 Å². The zero-order valence-corrected chi connectivity index (χ0v) is 9.11. The lowest BCUT2D eigenvalue weighted by atomic mass is 10.3. The lowest BCUT2D eigenvalue weighted by Crippen LogP contribution is -2.06. The van der Waals surface area contributed by atoms with Gasteiger partial charge >= 0.3 is 0 Å². The van der Waals surface area contributed by atoms with E-state index >= 15 is 0 Å². The van der Waals surface area contributed by atoms with Crippen LogP contribution in [0, 0.1) is 35.5 Å². The molecule has 1 atom stereocenters. The molecule has 0 aliphatic carbocycles. The highest BCUT2D eigenvalue weighted by molar-refractivity contribution is 5.35. The Morgan fingerprint density at radius 1 is 1.14 bits per heavy atom. The third-order valence-electron chi connectivity index (χ3n) is 1.61. The average molecular weight is 188 g/mol. The van der Waals surface area contributed by atoms with Crippen LogP contribution in [-0.4, -0.2) is 12.7 Å². The van der Waals surface area contributed by atoms with Crippen LogP contribution in [0.1, 0.15) is 33.6 Å². The van der Waals surface area contributed by atoms with E-state index < -0.39 is 0 Å². The molecule has 0 fully saturated rings. The molecule has 14 heavy (non-hydrogen) atoms. The molecule has 0 spiro atoms. The van der Waals surface area contributed by atoms with E-state index in [-0.39, 0.29) is 0 Å². The van der Waals surface area contributed by atoms with Crippen molar-refractivity contribution in [3.05, 3.63) is 0 Å². The van der Waals surface area contributed by atoms with Crippen molar-refractivity contribution in [1.29, 1.82) is 0 Å². The van der Waals surface area contributed by atoms with Crippen LogP contribution in [0.4, 0.5) is 0 Å². The summed E-state index contributed by atoms with van der Waals surface area (Å²) in [5.74, 6) is 16.2. The van der Waals surface area contributed by atoms with Gasteiger partial charge in [0, 0.05) is 6.42 Å². The number of rotatable bonds is 4. The van der Waals surface area contributed by atoms with E-state index in [1.54, 1.807) is 6.92 Å². The van der Waals surface area contributed by atoms with Crippen molar-refractivity contribution in [2.75, 3.05) is 6.61 Å². The van der Waals surface area contributed by atoms with Gasteiger partial charge in [-0.25, -0.2) is 0 Å². The van der Waals surface area contributed by atoms with Gasteiger partial charge in [0.1, 0.15) is 0 Å². The molecule has 1 nitrogen and oxygen atoms in total. The summed E-state index contributed by atoms with van der Waals surface area (Å²) in [6, 6.07) is 0. The average Bonchev–Trinajstić information content (AvgIpc) is 2.21. The van der Waals surface area contributed by atoms with E-state index in [9.17, 15) is 0 Å². The predicted molar refractivity (Wildman–Crippen MR) is 59.3 cm³/mol. The molecule has 0 saturated heterocycles. The molecule has 1 heteroatoms. The van der Waals surface area contributed by atoms with Crippen molar-refractivity contribution in [1.82, 2.24) is 0 Å². The molecule has 0 N–H and O–H groups in total. The summed E-state index contributed by atoms with van der Waals surface area (Å²) in [4.78, 5) is 0. The van der Waals surface area contributed by atoms with E-state index in [0.717, 1.165) is 12.8 Å². The lowest BCUT2D eigenvalue weighted by Gasteiger charge is -2.07. The summed E-state index contributed by atoms with van der Waals surface area (Å²) in [6.07, 6.45) is 2.10. The Morgan fingerprint density at radius 2 is 1.86 bits per heavy atom. The molecule has 1 unspecified atom stereocenters. The van der Waals surface area contributed by atoms with Crippen molar-refractivity contribution < 1.29 is 4.74 Å². The fourth-order valence-electron chi connectivity index (χ4n) is 0.661. The summed E-state index contributed by atoms with van der Waals surface area (Å²) < 4.78 is 5.44. The van der Waals surface area contributed by atoms with Gasteiger partial charge in [0.2, 0.25) is 0 Å². The minimum absolute atomic E-state index is 0.328. The Labute approximate surface area is 87.2 Å². The first-order valence-corrected chi connectivity index (χ1v) is 4.82. The number of hydrogen-bond donors (Lipinski definition) is 0. The maximum Gasteiger partial charge on any atom is 0.0579 e. The van der Waals surface area contributed by atoms with E-state index in [4.69, 9.17) is 4.74 Å². The second kappa shape index (κ2) is 9.73. The topological polar surface area (TPSA) is 9.23 Å². The third kappa shape index (κ3) is 8.73. The van der Waals surface area contributed by atoms with Gasteiger partial charge in [-0.15, -0.1) is 0 Å². The second-order valence-electron chi connectivity index (χ2n) is 2.77. The van der Waals surface area contributed by atoms with Gasteiger partial charge in [0.25, 0.3) is 0 Å². The summed E-state index contributed by atoms with van der Waals surface area (Å²) in [5.41, 5.74) is 0. The molecule has 0 bridgehead atoms. The van der Waals surface area contributed by atoms with Gasteiger partial charge in [0.05, 0.1) is 12.7 Å². The molecule has 0 heterocycles. The fourth-order valence-corrected chi connectivity index (χ4v) is 0.661. The Bertz CT molecular complexity index is 308. The molecule has 0 aliphatic heterocycles. The Morgan fingerprint density at radius 3 is 2.50 bits per heavy atom. The van der Waals surface area contributed by atoms with Crippen molar-refractivity contribution >= 4 is 0 Å². The Hall–Kier alpha value is -1.36. The lowest BCUT2D eigenvalue weighted by molar-refractivity contribution is 0.0680. The molecular weight excluding hydrogens is 172 g/mol. The maximum atomic E-state index is 5.44. The molecule has 0 aromatic carbocycles. The SMILES string of the molecule is CC#CC#CC#CCCOC(C)CC. The number of hydrogen-bond acceptors (Lipinski definition) is 1. The van der Waals surface area contributed by atoms with Crippen LogP contribution in [0.15, 0.2) is 0 Å². The molecule has 0 rings (SSSR count). The zero-order valence-electron chi connectivity index (χ0n) is 9.11. The van der Waals surface area contributed by atoms with Crippen LogP contribution in [0.5, 0.6) is 0 Å². The maximum absolute atomic E-state index is 5.44. The molecule has 0 aromatic rings. The quantitative estimate of drug-likeness (QED) is 0.485. The monoisotopic (exact) mass is 188 g/mol. The van der Waals surface area contributed by atoms with Crippen LogP contribution in [-0.2, 0) is 4.74 Å². The first kappa shape index (κ1) is 12.6. The summed E-state index contributed by atoms with van der Waals surface area (Å²) >= 11 is 0. The van der Waals surface area contributed by atoms with Crippen LogP contribution < -0.4 is 0 Å². The molecule has 0 saturated carbocycles. The second-order valence-corrected chi connectivity index (χ2v) is 2.77. The van der Waals surface area contributed by atoms with Crippen molar-refractivity contribution in [2.24, 2.45) is 0 Å². The van der Waals surface area contributed by atoms with Gasteiger partial charge in [0.15, 0.2) is 0 Å². The Balaban J connectivity index is 3.53. The van der Waals surface area contributed by atoms with E-state index in [2.05, 4.69) is 49.4 Å². The van der Waals surface area contributed by atoms with Gasteiger partial charge < -0.3 is 4.74 Å². The summed E-state index contributed by atoms with van der Waals surface area (Å²) in [7, 11) is 0. The summed E-state index contributed by atoms with van der Waals surface area (Å²) in [6.45, 7) is 6.60. The van der Waals surface area contributed by atoms with E-state index in [1.165, 1.54) is 0 Å². The Kier molecular flexibility index (Phi) is 8.78. The minimum atomic E-state index is 0.328. The highest BCUT2D eigenvalue weighted by Gasteiger charge is 1.94. The van der Waals surface area contributed by atoms with Crippen LogP contribution in [0.2, 0.25) is 0 Å². The van der Waals surface area contributed by atoms with Gasteiger partial charge in [-0.05, 0) is 44.0 Å². The molecule has 0 aliphatic rings. The first-order valence-electron chi connectivity index (χ1n) is 4.82. The zero-order chi connectivity index (χ0) is 10.6. The molecule has 0 radical (unpaired) electrons. The smallest absolute Gasteiger partial charge is 0.0579 e. The standard InChI is InChI=1S/C13H16O/c1-4-6-7-8-9-10-11-12-14-13(3)5-2/h13H,5,11-12H2,1-3H3. The first-order chi connectivity index (χ1) is 6.81. The largest absolute Gasteiger partial charge is 0.378 e. The molecule has 74 valence electrons. The van der Waals surface area contributed by atoms with Crippen molar-refractivity contribution in [3.63, 3.8) is 0 Å². The predicted octanol–water partition coefficient (Wildman–Crippen LogP) is 2.22. The molecule has 0 amide bonds. The van der Waals surface area contributed by atoms with Crippen molar-refractivity contribution in [3.8, 4) is 35.5 Å². The van der Waals surface area contributed by atoms with E-state index in [1.807, 2.05) is 0 Å². The van der Waals surface area contributed by atoms with Crippen molar-refractivity contribution in [2.45, 2.75) is 39.7 Å². The number of ether oxygens (including phenoxy) is 1. The van der Waals surface area contributed by atoms with Crippen LogP contribution in [0.3, 0.4) is 0 Å². The minimum Gasteiger partial charge on any atom is -0.378 e. The fraction of sp³-hybridized carbons (Fsp3) is 0.538. The van der Waals surface area contributed by atoms with Gasteiger partial charge in [-0.2, -0.15) is 0 Å². The highest BCUT2D eigenvalue weighted by atomic mass is 16.5. The molecule has 0 aromatic heterocycles. The molecular formula is C13H16O. The highest BCUT2D eigenvalue weighted by Crippen LogP contribution is 1.95. The summed E-state index contributed by atoms with van der Waals surface area (Å²) in [5, 5.41) is 0. The normalized spacial score (nSPS) is 9.64. The van der Waals surface area contributed by atoms with Gasteiger partial charge in [-0.1, -0.05) is 18.8 Å². The van der Waals surface area contributed by atoms with E-state index in [0.29, 0.717) is 12.7 Å².